The molecule has 2 rings (SSSR count). The van der Waals surface area contributed by atoms with E-state index in [1.807, 2.05) is 7.05 Å². The summed E-state index contributed by atoms with van der Waals surface area (Å²) in [6.45, 7) is 16.4. The Morgan fingerprint density at radius 1 is 0.840 bits per heavy atom. The summed E-state index contributed by atoms with van der Waals surface area (Å²) in [6.07, 6.45) is 2.45. The van der Waals surface area contributed by atoms with E-state index < -0.39 is 0 Å². The van der Waals surface area contributed by atoms with Gasteiger partial charge in [0, 0.05) is 66.0 Å². The highest BCUT2D eigenvalue weighted by Gasteiger charge is 2.14. The summed E-state index contributed by atoms with van der Waals surface area (Å²) in [5.41, 5.74) is 0. The second kappa shape index (κ2) is 12.5. The summed E-state index contributed by atoms with van der Waals surface area (Å²) in [5, 5.41) is 6.84. The van der Waals surface area contributed by atoms with Crippen LogP contribution >= 0.6 is 0 Å². The molecule has 0 unspecified atom stereocenters. The van der Waals surface area contributed by atoms with Crippen molar-refractivity contribution in [2.24, 2.45) is 4.99 Å². The van der Waals surface area contributed by atoms with Gasteiger partial charge in [0.15, 0.2) is 5.96 Å². The smallest absolute Gasteiger partial charge is 0.191 e. The fourth-order valence-electron chi connectivity index (χ4n) is 3.37. The van der Waals surface area contributed by atoms with E-state index in [1.54, 1.807) is 0 Å². The molecular formula is C18H38N6O. The lowest BCUT2D eigenvalue weighted by atomic mass is 10.2. The number of likely N-dealkylation sites (N-methyl/N-ethyl adjacent to an activating group) is 1. The number of nitrogens with zero attached hydrogens (tertiary/aromatic N) is 4. The van der Waals surface area contributed by atoms with Crippen molar-refractivity contribution in [1.82, 2.24) is 25.3 Å². The van der Waals surface area contributed by atoms with Crippen molar-refractivity contribution in [2.75, 3.05) is 92.3 Å². The minimum atomic E-state index is 0.862. The van der Waals surface area contributed by atoms with E-state index in [-0.39, 0.29) is 0 Å². The number of unbranched alkanes of at least 4 members (excludes halogenated alkanes) is 1. The monoisotopic (exact) mass is 354 g/mol. The third kappa shape index (κ3) is 8.35. The molecule has 2 N–H and O–H groups in total. The highest BCUT2D eigenvalue weighted by molar-refractivity contribution is 5.79. The van der Waals surface area contributed by atoms with Gasteiger partial charge in [-0.25, -0.2) is 0 Å². The summed E-state index contributed by atoms with van der Waals surface area (Å²) >= 11 is 0. The normalized spacial score (nSPS) is 21.4. The zero-order chi connectivity index (χ0) is 17.7. The molecule has 0 aromatic rings. The van der Waals surface area contributed by atoms with Crippen LogP contribution in [0, 0.1) is 0 Å². The van der Waals surface area contributed by atoms with Crippen molar-refractivity contribution in [1.29, 1.82) is 0 Å². The zero-order valence-corrected chi connectivity index (χ0v) is 16.3. The summed E-state index contributed by atoms with van der Waals surface area (Å²) in [4.78, 5) is 11.9. The maximum atomic E-state index is 5.38. The molecule has 0 amide bonds. The van der Waals surface area contributed by atoms with Crippen LogP contribution in [0.3, 0.4) is 0 Å². The molecule has 7 heteroatoms. The number of aliphatic imine (C=N–C) groups is 1. The topological polar surface area (TPSA) is 55.4 Å². The summed E-state index contributed by atoms with van der Waals surface area (Å²) in [6, 6.07) is 0. The van der Waals surface area contributed by atoms with Crippen LogP contribution in [0.2, 0.25) is 0 Å². The highest BCUT2D eigenvalue weighted by Crippen LogP contribution is 2.02. The standard InChI is InChI=1S/C18H38N6O/c1-3-22-10-12-23(13-11-22)8-5-4-6-20-18(19-2)21-7-9-24-14-16-25-17-15-24/h3-17H2,1-2H3,(H2,19,20,21). The van der Waals surface area contributed by atoms with Gasteiger partial charge in [0.2, 0.25) is 0 Å². The van der Waals surface area contributed by atoms with Gasteiger partial charge in [0.1, 0.15) is 0 Å². The Hall–Kier alpha value is -0.890. The molecule has 146 valence electrons. The fourth-order valence-corrected chi connectivity index (χ4v) is 3.37. The molecule has 0 aromatic carbocycles. The number of rotatable bonds is 9. The molecule has 2 fully saturated rings. The second-order valence-electron chi connectivity index (χ2n) is 6.86. The maximum Gasteiger partial charge on any atom is 0.191 e. The van der Waals surface area contributed by atoms with Gasteiger partial charge < -0.3 is 25.2 Å². The minimum Gasteiger partial charge on any atom is -0.379 e. The van der Waals surface area contributed by atoms with Crippen molar-refractivity contribution >= 4 is 5.96 Å². The van der Waals surface area contributed by atoms with Crippen molar-refractivity contribution in [2.45, 2.75) is 19.8 Å². The minimum absolute atomic E-state index is 0.862. The Morgan fingerprint density at radius 3 is 2.16 bits per heavy atom. The second-order valence-corrected chi connectivity index (χ2v) is 6.86. The van der Waals surface area contributed by atoms with E-state index in [2.05, 4.69) is 37.2 Å². The SMILES string of the molecule is CCN1CCN(CCCCNC(=NC)NCCN2CCOCC2)CC1. The molecule has 25 heavy (non-hydrogen) atoms. The van der Waals surface area contributed by atoms with Gasteiger partial charge in [-0.05, 0) is 25.9 Å². The Kier molecular flexibility index (Phi) is 10.2. The van der Waals surface area contributed by atoms with Crippen molar-refractivity contribution < 1.29 is 4.74 Å². The number of hydrogen-bond donors (Lipinski definition) is 2. The lowest BCUT2D eigenvalue weighted by molar-refractivity contribution is 0.0389. The van der Waals surface area contributed by atoms with Gasteiger partial charge >= 0.3 is 0 Å². The number of piperazine rings is 1. The van der Waals surface area contributed by atoms with Crippen LogP contribution in [0.4, 0.5) is 0 Å². The van der Waals surface area contributed by atoms with E-state index in [4.69, 9.17) is 4.74 Å². The number of nitrogens with one attached hydrogen (secondary N) is 2. The predicted molar refractivity (Wildman–Crippen MR) is 104 cm³/mol. The fraction of sp³-hybridized carbons (Fsp3) is 0.944. The van der Waals surface area contributed by atoms with Gasteiger partial charge in [-0.2, -0.15) is 0 Å². The van der Waals surface area contributed by atoms with E-state index in [0.29, 0.717) is 0 Å². The summed E-state index contributed by atoms with van der Waals surface area (Å²) < 4.78 is 5.38. The van der Waals surface area contributed by atoms with Gasteiger partial charge in [-0.3, -0.25) is 9.89 Å². The molecule has 2 aliphatic heterocycles. The molecule has 0 radical (unpaired) electrons. The first-order valence-electron chi connectivity index (χ1n) is 10.0. The third-order valence-electron chi connectivity index (χ3n) is 5.15. The molecule has 0 bridgehead atoms. The van der Waals surface area contributed by atoms with Crippen LogP contribution < -0.4 is 10.6 Å². The largest absolute Gasteiger partial charge is 0.379 e. The first-order chi connectivity index (χ1) is 12.3. The van der Waals surface area contributed by atoms with Crippen LogP contribution in [0.5, 0.6) is 0 Å². The Morgan fingerprint density at radius 2 is 1.48 bits per heavy atom. The molecule has 2 saturated heterocycles. The number of guanidine groups is 1. The molecule has 2 aliphatic rings. The molecule has 0 atom stereocenters. The Bertz CT molecular complexity index is 365. The molecule has 2 heterocycles. The van der Waals surface area contributed by atoms with E-state index >= 15 is 0 Å². The van der Waals surface area contributed by atoms with Gasteiger partial charge in [-0.15, -0.1) is 0 Å². The molecule has 0 aliphatic carbocycles. The van der Waals surface area contributed by atoms with Crippen molar-refractivity contribution in [3.8, 4) is 0 Å². The average molecular weight is 355 g/mol. The summed E-state index contributed by atoms with van der Waals surface area (Å²) in [5.74, 6) is 0.921. The van der Waals surface area contributed by atoms with Crippen LogP contribution in [0.1, 0.15) is 19.8 Å². The van der Waals surface area contributed by atoms with Gasteiger partial charge in [0.25, 0.3) is 0 Å². The number of hydrogen-bond acceptors (Lipinski definition) is 5. The quantitative estimate of drug-likeness (QED) is 0.343. The van der Waals surface area contributed by atoms with E-state index in [9.17, 15) is 0 Å². The lowest BCUT2D eigenvalue weighted by Gasteiger charge is -2.34. The number of ether oxygens (including phenoxy) is 1. The van der Waals surface area contributed by atoms with E-state index in [0.717, 1.165) is 51.9 Å². The van der Waals surface area contributed by atoms with Crippen LogP contribution in [-0.4, -0.2) is 113 Å². The Balaban J connectivity index is 1.45. The van der Waals surface area contributed by atoms with Gasteiger partial charge in [0.05, 0.1) is 13.2 Å². The predicted octanol–water partition coefficient (Wildman–Crippen LogP) is -0.0987. The summed E-state index contributed by atoms with van der Waals surface area (Å²) in [7, 11) is 1.84. The van der Waals surface area contributed by atoms with Crippen LogP contribution in [-0.2, 0) is 4.74 Å². The first-order valence-corrected chi connectivity index (χ1v) is 10.0. The van der Waals surface area contributed by atoms with Crippen LogP contribution in [0.25, 0.3) is 0 Å². The van der Waals surface area contributed by atoms with Gasteiger partial charge in [-0.1, -0.05) is 6.92 Å². The van der Waals surface area contributed by atoms with Crippen LogP contribution in [0.15, 0.2) is 4.99 Å². The van der Waals surface area contributed by atoms with Crippen molar-refractivity contribution in [3.05, 3.63) is 0 Å². The maximum absolute atomic E-state index is 5.38. The van der Waals surface area contributed by atoms with Crippen molar-refractivity contribution in [3.63, 3.8) is 0 Å². The highest BCUT2D eigenvalue weighted by atomic mass is 16.5. The molecule has 0 saturated carbocycles. The number of morpholine rings is 1. The first kappa shape index (κ1) is 20.4. The lowest BCUT2D eigenvalue weighted by Crippen LogP contribution is -2.46. The molecular weight excluding hydrogens is 316 g/mol. The van der Waals surface area contributed by atoms with E-state index in [1.165, 1.54) is 52.1 Å². The molecule has 7 nitrogen and oxygen atoms in total. The Labute approximate surface area is 153 Å². The third-order valence-corrected chi connectivity index (χ3v) is 5.15. The molecule has 0 aromatic heterocycles. The zero-order valence-electron chi connectivity index (χ0n) is 16.3. The average Bonchev–Trinajstić information content (AvgIpc) is 2.67. The molecule has 0 spiro atoms.